The lowest BCUT2D eigenvalue weighted by atomic mass is 10.2. The van der Waals surface area contributed by atoms with Gasteiger partial charge in [0.2, 0.25) is 17.7 Å². The fourth-order valence-corrected chi connectivity index (χ4v) is 2.55. The van der Waals surface area contributed by atoms with E-state index in [9.17, 15) is 22.8 Å². The van der Waals surface area contributed by atoms with E-state index in [0.29, 0.717) is 17.9 Å². The zero-order valence-corrected chi connectivity index (χ0v) is 14.0. The number of nitrogens with one attached hydrogen (secondary N) is 2. The lowest BCUT2D eigenvalue weighted by Gasteiger charge is -2.08. The molecule has 7 nitrogen and oxygen atoms in total. The van der Waals surface area contributed by atoms with Crippen LogP contribution in [-0.4, -0.2) is 34.3 Å². The molecule has 0 atom stereocenters. The number of hydrogen-bond acceptors (Lipinski definition) is 6. The monoisotopic (exact) mass is 386 g/mol. The molecule has 1 aliphatic carbocycles. The molecule has 1 heterocycles. The van der Waals surface area contributed by atoms with Crippen LogP contribution in [0.4, 0.5) is 18.9 Å². The highest BCUT2D eigenvalue weighted by atomic mass is 32.2. The number of nitrogens with zero attached hydrogens (tertiary/aromatic N) is 2. The molecule has 1 aliphatic rings. The van der Waals surface area contributed by atoms with Crippen molar-refractivity contribution in [2.45, 2.75) is 24.0 Å². The highest BCUT2D eigenvalue weighted by Gasteiger charge is 2.29. The van der Waals surface area contributed by atoms with Crippen LogP contribution < -0.4 is 10.6 Å². The van der Waals surface area contributed by atoms with Gasteiger partial charge in [-0.15, -0.1) is 10.2 Å². The minimum Gasteiger partial charge on any atom is -0.416 e. The van der Waals surface area contributed by atoms with Gasteiger partial charge < -0.3 is 15.1 Å². The van der Waals surface area contributed by atoms with Gasteiger partial charge in [-0.3, -0.25) is 9.59 Å². The summed E-state index contributed by atoms with van der Waals surface area (Å²) in [5, 5.41) is 12.3. The second kappa shape index (κ2) is 7.77. The van der Waals surface area contributed by atoms with Crippen molar-refractivity contribution in [3.63, 3.8) is 0 Å². The van der Waals surface area contributed by atoms with Gasteiger partial charge in [-0.05, 0) is 25.0 Å². The number of rotatable bonds is 7. The summed E-state index contributed by atoms with van der Waals surface area (Å²) < 4.78 is 44.7. The highest BCUT2D eigenvalue weighted by Crippen LogP contribution is 2.39. The Morgan fingerprint density at radius 1 is 1.15 bits per heavy atom. The van der Waals surface area contributed by atoms with Gasteiger partial charge in [-0.25, -0.2) is 13.2 Å². The van der Waals surface area contributed by atoms with Gasteiger partial charge in [0, 0.05) is 5.92 Å². The summed E-state index contributed by atoms with van der Waals surface area (Å²) in [6, 6.07) is 1.57. The second-order valence-electron chi connectivity index (χ2n) is 5.52. The molecule has 0 bridgehead atoms. The average molecular weight is 386 g/mol. The molecule has 0 aliphatic heterocycles. The van der Waals surface area contributed by atoms with Crippen LogP contribution >= 0.6 is 11.8 Å². The molecular formula is C15H13F3N4O3S. The van der Waals surface area contributed by atoms with Crippen LogP contribution in [-0.2, 0) is 9.59 Å². The fourth-order valence-electron chi connectivity index (χ4n) is 1.95. The molecule has 26 heavy (non-hydrogen) atoms. The Morgan fingerprint density at radius 3 is 2.65 bits per heavy atom. The van der Waals surface area contributed by atoms with E-state index >= 15 is 0 Å². The van der Waals surface area contributed by atoms with Crippen LogP contribution in [0.2, 0.25) is 0 Å². The zero-order chi connectivity index (χ0) is 18.7. The standard InChI is InChI=1S/C15H13F3N4O3S/c16-8-3-4-9(13(18)12(8)17)20-10(23)5-19-11(24)6-26-15-22-21-14(25-15)7-1-2-7/h3-4,7H,1-2,5-6H2,(H,19,24)(H,20,23). The molecule has 1 aromatic carbocycles. The van der Waals surface area contributed by atoms with Gasteiger partial charge in [-0.2, -0.15) is 0 Å². The lowest BCUT2D eigenvalue weighted by Crippen LogP contribution is -2.34. The first kappa shape index (κ1) is 18.2. The Bertz CT molecular complexity index is 842. The molecule has 0 saturated heterocycles. The maximum atomic E-state index is 13.4. The van der Waals surface area contributed by atoms with Crippen LogP contribution in [0.5, 0.6) is 0 Å². The van der Waals surface area contributed by atoms with Gasteiger partial charge in [0.15, 0.2) is 17.5 Å². The molecule has 2 aromatic rings. The van der Waals surface area contributed by atoms with E-state index in [4.69, 9.17) is 4.42 Å². The molecule has 2 N–H and O–H groups in total. The molecule has 2 amide bonds. The number of aromatic nitrogens is 2. The second-order valence-corrected chi connectivity index (χ2v) is 6.44. The Hall–Kier alpha value is -2.56. The van der Waals surface area contributed by atoms with Gasteiger partial charge in [0.05, 0.1) is 18.0 Å². The molecule has 0 radical (unpaired) electrons. The molecule has 0 spiro atoms. The maximum Gasteiger partial charge on any atom is 0.277 e. The first-order valence-electron chi connectivity index (χ1n) is 7.60. The van der Waals surface area contributed by atoms with E-state index in [1.54, 1.807) is 0 Å². The van der Waals surface area contributed by atoms with Crippen LogP contribution in [0.3, 0.4) is 0 Å². The molecule has 1 aromatic heterocycles. The van der Waals surface area contributed by atoms with E-state index in [1.807, 2.05) is 5.32 Å². The molecular weight excluding hydrogens is 373 g/mol. The molecule has 1 saturated carbocycles. The van der Waals surface area contributed by atoms with Crippen molar-refractivity contribution in [1.82, 2.24) is 15.5 Å². The normalized spacial score (nSPS) is 13.5. The van der Waals surface area contributed by atoms with Gasteiger partial charge >= 0.3 is 0 Å². The van der Waals surface area contributed by atoms with Gasteiger partial charge in [-0.1, -0.05) is 11.8 Å². The molecule has 1 fully saturated rings. The predicted octanol–water partition coefficient (Wildman–Crippen LogP) is 2.21. The molecule has 3 rings (SSSR count). The summed E-state index contributed by atoms with van der Waals surface area (Å²) in [4.78, 5) is 23.4. The van der Waals surface area contributed by atoms with Crippen LogP contribution in [0.1, 0.15) is 24.7 Å². The van der Waals surface area contributed by atoms with Crippen molar-refractivity contribution >= 4 is 29.3 Å². The number of hydrogen-bond donors (Lipinski definition) is 2. The fraction of sp³-hybridized carbons (Fsp3) is 0.333. The van der Waals surface area contributed by atoms with Gasteiger partial charge in [0.1, 0.15) is 0 Å². The van der Waals surface area contributed by atoms with Crippen LogP contribution in [0, 0.1) is 17.5 Å². The summed E-state index contributed by atoms with van der Waals surface area (Å²) in [6.45, 7) is -0.463. The number of amides is 2. The number of carbonyl (C=O) groups excluding carboxylic acids is 2. The Labute approximate surface area is 149 Å². The summed E-state index contributed by atoms with van der Waals surface area (Å²) in [5.74, 6) is -5.02. The summed E-state index contributed by atoms with van der Waals surface area (Å²) in [7, 11) is 0. The minimum absolute atomic E-state index is 0.0564. The first-order chi connectivity index (χ1) is 12.4. The number of anilines is 1. The highest BCUT2D eigenvalue weighted by molar-refractivity contribution is 7.99. The SMILES string of the molecule is O=C(CSc1nnc(C2CC2)o1)NCC(=O)Nc1ccc(F)c(F)c1F. The summed E-state index contributed by atoms with van der Waals surface area (Å²) >= 11 is 1.02. The van der Waals surface area contributed by atoms with Crippen molar-refractivity contribution in [2.24, 2.45) is 0 Å². The predicted molar refractivity (Wildman–Crippen MR) is 85.0 cm³/mol. The van der Waals surface area contributed by atoms with Crippen molar-refractivity contribution < 1.29 is 27.2 Å². The van der Waals surface area contributed by atoms with E-state index < -0.39 is 41.5 Å². The quantitative estimate of drug-likeness (QED) is 0.559. The molecule has 0 unspecified atom stereocenters. The van der Waals surface area contributed by atoms with Crippen LogP contribution in [0.15, 0.2) is 21.8 Å². The third kappa shape index (κ3) is 4.54. The minimum atomic E-state index is -1.69. The third-order valence-electron chi connectivity index (χ3n) is 3.43. The van der Waals surface area contributed by atoms with Crippen molar-refractivity contribution in [1.29, 1.82) is 0 Å². The van der Waals surface area contributed by atoms with E-state index in [0.717, 1.165) is 30.7 Å². The third-order valence-corrected chi connectivity index (χ3v) is 4.25. The van der Waals surface area contributed by atoms with Crippen molar-refractivity contribution in [2.75, 3.05) is 17.6 Å². The smallest absolute Gasteiger partial charge is 0.277 e. The number of benzene rings is 1. The van der Waals surface area contributed by atoms with E-state index in [1.165, 1.54) is 0 Å². The molecule has 11 heteroatoms. The lowest BCUT2D eigenvalue weighted by molar-refractivity contribution is -0.122. The Kier molecular flexibility index (Phi) is 5.45. The van der Waals surface area contributed by atoms with E-state index in [2.05, 4.69) is 15.5 Å². The van der Waals surface area contributed by atoms with Gasteiger partial charge in [0.25, 0.3) is 5.22 Å². The van der Waals surface area contributed by atoms with Crippen molar-refractivity contribution in [3.05, 3.63) is 35.5 Å². The largest absolute Gasteiger partial charge is 0.416 e. The number of thioether (sulfide) groups is 1. The van der Waals surface area contributed by atoms with Crippen LogP contribution in [0.25, 0.3) is 0 Å². The topological polar surface area (TPSA) is 97.1 Å². The Morgan fingerprint density at radius 2 is 1.92 bits per heavy atom. The number of halogens is 3. The summed E-state index contributed by atoms with van der Waals surface area (Å²) in [5.41, 5.74) is -0.518. The van der Waals surface area contributed by atoms with E-state index in [-0.39, 0.29) is 11.0 Å². The molecule has 138 valence electrons. The first-order valence-corrected chi connectivity index (χ1v) is 8.59. The zero-order valence-electron chi connectivity index (χ0n) is 13.2. The average Bonchev–Trinajstić information content (AvgIpc) is 3.37. The maximum absolute atomic E-state index is 13.4. The van der Waals surface area contributed by atoms with Crippen molar-refractivity contribution in [3.8, 4) is 0 Å². The summed E-state index contributed by atoms with van der Waals surface area (Å²) in [6.07, 6.45) is 2.03. The number of carbonyl (C=O) groups is 2. The Balaban J connectivity index is 1.42.